The van der Waals surface area contributed by atoms with Gasteiger partial charge in [0.2, 0.25) is 6.79 Å². The second kappa shape index (κ2) is 7.77. The number of fused-ring (bicyclic) bond motifs is 1. The highest BCUT2D eigenvalue weighted by atomic mass is 32.2. The zero-order chi connectivity index (χ0) is 18.7. The molecule has 0 bridgehead atoms. The van der Waals surface area contributed by atoms with Crippen molar-refractivity contribution in [1.29, 1.82) is 0 Å². The van der Waals surface area contributed by atoms with Gasteiger partial charge >= 0.3 is 0 Å². The SMILES string of the molecule is Cc1c(CC(=O)CCCCCS(=O)(=O)C(C)(C)C)ccc2c1OCO2. The van der Waals surface area contributed by atoms with Crippen LogP contribution in [0.1, 0.15) is 57.6 Å². The summed E-state index contributed by atoms with van der Waals surface area (Å²) in [6, 6.07) is 3.76. The smallest absolute Gasteiger partial charge is 0.231 e. The Morgan fingerprint density at radius 2 is 1.84 bits per heavy atom. The highest BCUT2D eigenvalue weighted by Gasteiger charge is 2.28. The minimum Gasteiger partial charge on any atom is -0.454 e. The molecule has 0 aliphatic carbocycles. The Labute approximate surface area is 150 Å². The summed E-state index contributed by atoms with van der Waals surface area (Å²) in [5.41, 5.74) is 1.92. The van der Waals surface area contributed by atoms with Crippen LogP contribution in [0, 0.1) is 6.92 Å². The van der Waals surface area contributed by atoms with Crippen LogP contribution in [0.2, 0.25) is 0 Å². The standard InChI is InChI=1S/C19H28O5S/c1-14-15(9-10-17-18(14)24-13-23-17)12-16(20)8-6-5-7-11-25(21,22)19(2,3)4/h9-10H,5-8,11-13H2,1-4H3. The number of sulfone groups is 1. The second-order valence-corrected chi connectivity index (χ2v) is 10.4. The lowest BCUT2D eigenvalue weighted by Crippen LogP contribution is -2.30. The summed E-state index contributed by atoms with van der Waals surface area (Å²) in [5, 5.41) is 0. The lowest BCUT2D eigenvalue weighted by molar-refractivity contribution is -0.118. The molecule has 0 spiro atoms. The largest absolute Gasteiger partial charge is 0.454 e. The lowest BCUT2D eigenvalue weighted by Gasteiger charge is -2.18. The number of carbonyl (C=O) groups excluding carboxylic acids is 1. The van der Waals surface area contributed by atoms with E-state index in [2.05, 4.69) is 0 Å². The molecule has 0 aromatic heterocycles. The van der Waals surface area contributed by atoms with Crippen molar-refractivity contribution in [1.82, 2.24) is 0 Å². The quantitative estimate of drug-likeness (QED) is 0.656. The van der Waals surface area contributed by atoms with Gasteiger partial charge in [0.15, 0.2) is 21.3 Å². The van der Waals surface area contributed by atoms with Crippen molar-refractivity contribution >= 4 is 15.6 Å². The first-order valence-corrected chi connectivity index (χ1v) is 10.4. The van der Waals surface area contributed by atoms with Crippen LogP contribution in [0.25, 0.3) is 0 Å². The van der Waals surface area contributed by atoms with Crippen LogP contribution in [0.15, 0.2) is 12.1 Å². The number of carbonyl (C=O) groups is 1. The summed E-state index contributed by atoms with van der Waals surface area (Å²) < 4.78 is 34.1. The van der Waals surface area contributed by atoms with E-state index in [4.69, 9.17) is 9.47 Å². The third-order valence-corrected chi connectivity index (χ3v) is 7.28. The molecular weight excluding hydrogens is 340 g/mol. The van der Waals surface area contributed by atoms with Gasteiger partial charge in [-0.05, 0) is 57.7 Å². The molecule has 0 atom stereocenters. The van der Waals surface area contributed by atoms with Crippen molar-refractivity contribution in [3.05, 3.63) is 23.3 Å². The Balaban J connectivity index is 1.75. The van der Waals surface area contributed by atoms with Gasteiger partial charge in [0.25, 0.3) is 0 Å². The maximum absolute atomic E-state index is 12.2. The van der Waals surface area contributed by atoms with Crippen LogP contribution < -0.4 is 9.47 Å². The predicted octanol–water partition coefficient (Wildman–Crippen LogP) is 3.61. The van der Waals surface area contributed by atoms with Crippen molar-refractivity contribution in [2.45, 2.75) is 64.5 Å². The molecule has 1 aromatic rings. The average molecular weight is 368 g/mol. The molecule has 2 rings (SSSR count). The van der Waals surface area contributed by atoms with Gasteiger partial charge in [0, 0.05) is 12.8 Å². The molecule has 0 N–H and O–H groups in total. The number of unbranched alkanes of at least 4 members (excludes halogenated alkanes) is 2. The number of rotatable bonds is 8. The summed E-state index contributed by atoms with van der Waals surface area (Å²) in [4.78, 5) is 12.2. The number of hydrogen-bond acceptors (Lipinski definition) is 5. The highest BCUT2D eigenvalue weighted by molar-refractivity contribution is 7.92. The third-order valence-electron chi connectivity index (χ3n) is 4.59. The fraction of sp³-hybridized carbons (Fsp3) is 0.632. The van der Waals surface area contributed by atoms with Gasteiger partial charge in [-0.1, -0.05) is 12.5 Å². The van der Waals surface area contributed by atoms with E-state index in [1.54, 1.807) is 20.8 Å². The van der Waals surface area contributed by atoms with Crippen LogP contribution in [-0.2, 0) is 21.1 Å². The third kappa shape index (κ3) is 4.97. The Morgan fingerprint density at radius 3 is 2.52 bits per heavy atom. The van der Waals surface area contributed by atoms with E-state index in [1.165, 1.54) is 0 Å². The molecule has 0 radical (unpaired) electrons. The normalized spacial score (nSPS) is 13.9. The van der Waals surface area contributed by atoms with Crippen molar-refractivity contribution < 1.29 is 22.7 Å². The summed E-state index contributed by atoms with van der Waals surface area (Å²) in [5.74, 6) is 1.82. The zero-order valence-electron chi connectivity index (χ0n) is 15.6. The summed E-state index contributed by atoms with van der Waals surface area (Å²) >= 11 is 0. The van der Waals surface area contributed by atoms with E-state index in [1.807, 2.05) is 19.1 Å². The number of hydrogen-bond donors (Lipinski definition) is 0. The van der Waals surface area contributed by atoms with Gasteiger partial charge in [-0.3, -0.25) is 4.79 Å². The van der Waals surface area contributed by atoms with Crippen molar-refractivity contribution in [3.8, 4) is 11.5 Å². The minimum atomic E-state index is -3.07. The molecule has 5 nitrogen and oxygen atoms in total. The number of benzene rings is 1. The fourth-order valence-electron chi connectivity index (χ4n) is 2.74. The summed E-state index contributed by atoms with van der Waals surface area (Å²) in [6.07, 6.45) is 2.94. The van der Waals surface area contributed by atoms with Gasteiger partial charge in [0.1, 0.15) is 5.78 Å². The van der Waals surface area contributed by atoms with Crippen LogP contribution in [-0.4, -0.2) is 31.5 Å². The van der Waals surface area contributed by atoms with Gasteiger partial charge in [0.05, 0.1) is 10.5 Å². The van der Waals surface area contributed by atoms with Gasteiger partial charge < -0.3 is 9.47 Å². The van der Waals surface area contributed by atoms with Crippen molar-refractivity contribution in [2.24, 2.45) is 0 Å². The first kappa shape index (κ1) is 19.8. The Hall–Kier alpha value is -1.56. The zero-order valence-corrected chi connectivity index (χ0v) is 16.4. The van der Waals surface area contributed by atoms with Gasteiger partial charge in [-0.15, -0.1) is 0 Å². The average Bonchev–Trinajstić information content (AvgIpc) is 2.98. The number of ketones is 1. The minimum absolute atomic E-state index is 0.167. The molecule has 1 aliphatic heterocycles. The Morgan fingerprint density at radius 1 is 1.12 bits per heavy atom. The predicted molar refractivity (Wildman–Crippen MR) is 98.0 cm³/mol. The fourth-order valence-corrected chi connectivity index (χ4v) is 3.94. The van der Waals surface area contributed by atoms with Crippen molar-refractivity contribution in [2.75, 3.05) is 12.5 Å². The molecular formula is C19H28O5S. The Kier molecular flexibility index (Phi) is 6.14. The first-order valence-electron chi connectivity index (χ1n) is 8.74. The molecule has 0 unspecified atom stereocenters. The van der Waals surface area contributed by atoms with E-state index in [0.717, 1.165) is 35.5 Å². The van der Waals surface area contributed by atoms with Crippen LogP contribution in [0.5, 0.6) is 11.5 Å². The van der Waals surface area contributed by atoms with E-state index in [0.29, 0.717) is 19.3 Å². The van der Waals surface area contributed by atoms with E-state index in [9.17, 15) is 13.2 Å². The molecule has 1 heterocycles. The molecule has 1 aliphatic rings. The van der Waals surface area contributed by atoms with Crippen LogP contribution >= 0.6 is 0 Å². The number of ether oxygens (including phenoxy) is 2. The van der Waals surface area contributed by atoms with Crippen LogP contribution in [0.4, 0.5) is 0 Å². The molecule has 25 heavy (non-hydrogen) atoms. The molecule has 0 fully saturated rings. The highest BCUT2D eigenvalue weighted by Crippen LogP contribution is 2.37. The molecule has 0 amide bonds. The van der Waals surface area contributed by atoms with Crippen LogP contribution in [0.3, 0.4) is 0 Å². The van der Waals surface area contributed by atoms with E-state index >= 15 is 0 Å². The summed E-state index contributed by atoms with van der Waals surface area (Å²) in [7, 11) is -3.07. The molecule has 140 valence electrons. The lowest BCUT2D eigenvalue weighted by atomic mass is 9.99. The van der Waals surface area contributed by atoms with Gasteiger partial charge in [-0.25, -0.2) is 8.42 Å². The monoisotopic (exact) mass is 368 g/mol. The summed E-state index contributed by atoms with van der Waals surface area (Å²) in [6.45, 7) is 7.33. The second-order valence-electron chi connectivity index (χ2n) is 7.54. The molecule has 0 saturated heterocycles. The Bertz CT molecular complexity index is 729. The van der Waals surface area contributed by atoms with Gasteiger partial charge in [-0.2, -0.15) is 0 Å². The maximum Gasteiger partial charge on any atom is 0.231 e. The van der Waals surface area contributed by atoms with E-state index in [-0.39, 0.29) is 18.3 Å². The van der Waals surface area contributed by atoms with Crippen molar-refractivity contribution in [3.63, 3.8) is 0 Å². The molecule has 6 heteroatoms. The first-order chi connectivity index (χ1) is 11.6. The topological polar surface area (TPSA) is 69.7 Å². The molecule has 0 saturated carbocycles. The maximum atomic E-state index is 12.2. The van der Waals surface area contributed by atoms with E-state index < -0.39 is 14.6 Å². The number of Topliss-reactive ketones (excluding diaryl/α,β-unsaturated/α-hetero) is 1. The molecule has 1 aromatic carbocycles.